The van der Waals surface area contributed by atoms with E-state index < -0.39 is 6.15 Å². The molecule has 0 aliphatic carbocycles. The van der Waals surface area contributed by atoms with Crippen LogP contribution in [0.2, 0.25) is 5.82 Å². The molecule has 7 rings (SSSR count). The number of aromatic nitrogens is 1. The van der Waals surface area contributed by atoms with Crippen molar-refractivity contribution in [1.82, 2.24) is 0 Å². The molecular weight excluding hydrogens is 643 g/mol. The Morgan fingerprint density at radius 1 is 0.731 bits per heavy atom. The van der Waals surface area contributed by atoms with Crippen LogP contribution in [0.4, 0.5) is 5.69 Å². The molecule has 0 fully saturated rings. The van der Waals surface area contributed by atoms with Crippen LogP contribution in [-0.2, 0) is 6.54 Å². The van der Waals surface area contributed by atoms with Gasteiger partial charge in [-0.3, -0.25) is 0 Å². The average Bonchev–Trinajstić information content (AvgIpc) is 3.75. The molecule has 7 heteroatoms. The van der Waals surface area contributed by atoms with Crippen LogP contribution in [-0.4, -0.2) is 26.9 Å². The van der Waals surface area contributed by atoms with E-state index >= 15 is 0 Å². The summed E-state index contributed by atoms with van der Waals surface area (Å²) in [6.45, 7) is 10.5. The van der Waals surface area contributed by atoms with Crippen molar-refractivity contribution in [3.05, 3.63) is 151 Å². The van der Waals surface area contributed by atoms with Crippen molar-refractivity contribution in [3.63, 3.8) is 0 Å². The highest BCUT2D eigenvalue weighted by atomic mass is 16.5. The highest BCUT2D eigenvalue weighted by Crippen LogP contribution is 2.41. The first-order chi connectivity index (χ1) is 25.5. The number of aryl methyl sites for hydroxylation is 1. The van der Waals surface area contributed by atoms with Gasteiger partial charge in [0, 0.05) is 12.6 Å². The molecule has 1 unspecified atom stereocenters. The summed E-state index contributed by atoms with van der Waals surface area (Å²) in [5, 5.41) is 0. The molecule has 1 aliphatic rings. The summed E-state index contributed by atoms with van der Waals surface area (Å²) in [5.74, 6) is 4.54. The SMILES string of the molecule is CCC(C)[B-](c1ccccc1)(c1ccccc1)c1ccccc1.CCN1/C(=C/C=C/c2oc3ccc(OC)cc3[n+]2CC)Oc2ccc(OC)cc21. The quantitative estimate of drug-likeness (QED) is 0.101. The van der Waals surface area contributed by atoms with Crippen molar-refractivity contribution in [2.24, 2.45) is 0 Å². The molecule has 0 amide bonds. The molecule has 0 saturated heterocycles. The number of methoxy groups -OCH3 is 2. The molecule has 0 N–H and O–H groups in total. The number of anilines is 1. The van der Waals surface area contributed by atoms with Gasteiger partial charge in [-0.25, -0.2) is 0 Å². The van der Waals surface area contributed by atoms with E-state index in [1.807, 2.05) is 54.6 Å². The summed E-state index contributed by atoms with van der Waals surface area (Å²) in [5.41, 5.74) is 7.13. The van der Waals surface area contributed by atoms with Crippen molar-refractivity contribution < 1.29 is 23.2 Å². The zero-order chi connectivity index (χ0) is 36.5. The van der Waals surface area contributed by atoms with Gasteiger partial charge in [-0.15, -0.1) is 0 Å². The second kappa shape index (κ2) is 16.6. The second-order valence-corrected chi connectivity index (χ2v) is 13.1. The number of fused-ring (bicyclic) bond motifs is 2. The fourth-order valence-electron chi connectivity index (χ4n) is 7.72. The van der Waals surface area contributed by atoms with Gasteiger partial charge in [0.25, 0.3) is 5.52 Å². The molecule has 266 valence electrons. The van der Waals surface area contributed by atoms with Gasteiger partial charge in [-0.2, -0.15) is 26.8 Å². The lowest BCUT2D eigenvalue weighted by Crippen LogP contribution is -2.69. The topological polar surface area (TPSA) is 48.0 Å². The number of benzene rings is 5. The Morgan fingerprint density at radius 3 is 1.81 bits per heavy atom. The molecule has 1 aliphatic heterocycles. The minimum absolute atomic E-state index is 0.558. The minimum Gasteiger partial charge on any atom is -0.497 e. The molecule has 6 nitrogen and oxygen atoms in total. The molecule has 1 atom stereocenters. The van der Waals surface area contributed by atoms with Gasteiger partial charge in [-0.1, -0.05) is 111 Å². The van der Waals surface area contributed by atoms with Gasteiger partial charge in [0.15, 0.2) is 5.75 Å². The molecule has 52 heavy (non-hydrogen) atoms. The third-order valence-electron chi connectivity index (χ3n) is 10.5. The first kappa shape index (κ1) is 36.1. The normalized spacial score (nSPS) is 13.8. The summed E-state index contributed by atoms with van der Waals surface area (Å²) in [7, 11) is 3.33. The molecule has 5 aromatic carbocycles. The van der Waals surface area contributed by atoms with E-state index in [-0.39, 0.29) is 0 Å². The van der Waals surface area contributed by atoms with Gasteiger partial charge in [0.05, 0.1) is 38.2 Å². The Bertz CT molecular complexity index is 2030. The predicted octanol–water partition coefficient (Wildman–Crippen LogP) is 8.49. The summed E-state index contributed by atoms with van der Waals surface area (Å²) in [6.07, 6.45) is 6.02. The zero-order valence-corrected chi connectivity index (χ0v) is 31.2. The lowest BCUT2D eigenvalue weighted by molar-refractivity contribution is -0.674. The van der Waals surface area contributed by atoms with Crippen molar-refractivity contribution in [3.8, 4) is 17.2 Å². The lowest BCUT2D eigenvalue weighted by Gasteiger charge is -2.48. The minimum atomic E-state index is -0.974. The highest BCUT2D eigenvalue weighted by Gasteiger charge is 2.34. The van der Waals surface area contributed by atoms with Gasteiger partial charge >= 0.3 is 5.89 Å². The molecule has 2 heterocycles. The van der Waals surface area contributed by atoms with Crippen LogP contribution >= 0.6 is 0 Å². The fraction of sp³-hybridized carbons (Fsp3) is 0.222. The van der Waals surface area contributed by atoms with E-state index in [1.165, 1.54) is 16.4 Å². The molecule has 6 aromatic rings. The number of nitrogens with zero attached hydrogens (tertiary/aromatic N) is 2. The summed E-state index contributed by atoms with van der Waals surface area (Å²) < 4.78 is 24.8. The van der Waals surface area contributed by atoms with Crippen LogP contribution < -0.4 is 40.1 Å². The number of allylic oxidation sites excluding steroid dienone is 2. The molecule has 0 saturated carbocycles. The van der Waals surface area contributed by atoms with E-state index in [2.05, 4.69) is 128 Å². The van der Waals surface area contributed by atoms with Crippen molar-refractivity contribution in [1.29, 1.82) is 0 Å². The zero-order valence-electron chi connectivity index (χ0n) is 31.2. The number of oxazole rings is 1. The van der Waals surface area contributed by atoms with Crippen LogP contribution in [0.3, 0.4) is 0 Å². The lowest BCUT2D eigenvalue weighted by atomic mass is 9.10. The second-order valence-electron chi connectivity index (χ2n) is 13.1. The van der Waals surface area contributed by atoms with Crippen LogP contribution in [0.15, 0.2) is 150 Å². The van der Waals surface area contributed by atoms with E-state index in [0.717, 1.165) is 65.3 Å². The number of hydrogen-bond donors (Lipinski definition) is 0. The Morgan fingerprint density at radius 2 is 1.29 bits per heavy atom. The maximum Gasteiger partial charge on any atom is 0.374 e. The predicted molar refractivity (Wildman–Crippen MR) is 216 cm³/mol. The Hall–Kier alpha value is -5.69. The van der Waals surface area contributed by atoms with E-state index in [9.17, 15) is 0 Å². The fourth-order valence-corrected chi connectivity index (χ4v) is 7.72. The van der Waals surface area contributed by atoms with E-state index in [0.29, 0.717) is 5.82 Å². The van der Waals surface area contributed by atoms with E-state index in [4.69, 9.17) is 18.6 Å². The summed E-state index contributed by atoms with van der Waals surface area (Å²) in [6, 6.07) is 44.7. The summed E-state index contributed by atoms with van der Waals surface area (Å²) >= 11 is 0. The first-order valence-corrected chi connectivity index (χ1v) is 18.3. The first-order valence-electron chi connectivity index (χ1n) is 18.3. The van der Waals surface area contributed by atoms with Crippen LogP contribution in [0.5, 0.6) is 17.2 Å². The molecule has 1 aromatic heterocycles. The maximum absolute atomic E-state index is 6.02. The van der Waals surface area contributed by atoms with Crippen molar-refractivity contribution in [2.45, 2.75) is 46.5 Å². The highest BCUT2D eigenvalue weighted by molar-refractivity contribution is 7.12. The van der Waals surface area contributed by atoms with Gasteiger partial charge in [-0.05, 0) is 50.3 Å². The van der Waals surface area contributed by atoms with Crippen LogP contribution in [0, 0.1) is 0 Å². The Kier molecular flexibility index (Phi) is 11.5. The van der Waals surface area contributed by atoms with Gasteiger partial charge in [0.2, 0.25) is 11.5 Å². The summed E-state index contributed by atoms with van der Waals surface area (Å²) in [4.78, 5) is 2.11. The maximum atomic E-state index is 6.02. The van der Waals surface area contributed by atoms with E-state index in [1.54, 1.807) is 14.2 Å². The molecule has 0 spiro atoms. The third kappa shape index (κ3) is 7.09. The van der Waals surface area contributed by atoms with Gasteiger partial charge < -0.3 is 23.5 Å². The molecule has 0 bridgehead atoms. The largest absolute Gasteiger partial charge is 0.497 e. The van der Waals surface area contributed by atoms with Crippen LogP contribution in [0.25, 0.3) is 17.2 Å². The third-order valence-corrected chi connectivity index (χ3v) is 10.5. The van der Waals surface area contributed by atoms with Gasteiger partial charge in [0.1, 0.15) is 18.0 Å². The number of hydrogen-bond acceptors (Lipinski definition) is 5. The molecule has 0 radical (unpaired) electrons. The van der Waals surface area contributed by atoms with Crippen molar-refractivity contribution >= 4 is 45.4 Å². The smallest absolute Gasteiger partial charge is 0.374 e. The monoisotopic (exact) mass is 692 g/mol. The van der Waals surface area contributed by atoms with Crippen molar-refractivity contribution in [2.75, 3.05) is 25.7 Å². The Balaban J connectivity index is 0.000000183. The number of rotatable bonds is 11. The Labute approximate surface area is 308 Å². The number of ether oxygens (including phenoxy) is 3. The standard InChI is InChI=1S/C23H25N2O4.C22H24B/c1-5-24-18-14-16(26-3)10-12-20(18)28-22(24)8-7-9-23-25(6-2)19-15-17(27-4)11-13-21(19)29-23;1-3-19(2)23(20-13-7-4-8-14-20,21-15-9-5-10-16-21)22-17-11-6-12-18-22/h7-15H,5-6H2,1-4H3;4-19H,3H2,1-2H3/q+1;-1. The average molecular weight is 693 g/mol. The van der Waals surface area contributed by atoms with Crippen LogP contribution in [0.1, 0.15) is 40.0 Å². The molecular formula is C45H49BN2O4.